The minimum absolute atomic E-state index is 0.0714. The third kappa shape index (κ3) is 4.08. The van der Waals surface area contributed by atoms with Crippen LogP contribution in [0.5, 0.6) is 0 Å². The number of ether oxygens (including phenoxy) is 1. The van der Waals surface area contributed by atoms with Crippen LogP contribution in [0.25, 0.3) is 0 Å². The third-order valence-electron chi connectivity index (χ3n) is 3.01. The first-order chi connectivity index (χ1) is 9.35. The molecule has 0 saturated carbocycles. The Bertz CT molecular complexity index is 459. The second kappa shape index (κ2) is 6.69. The van der Waals surface area contributed by atoms with Gasteiger partial charge in [-0.1, -0.05) is 6.92 Å². The first-order valence-corrected chi connectivity index (χ1v) is 5.94. The Hall–Kier alpha value is -2.38. The van der Waals surface area contributed by atoms with Crippen molar-refractivity contribution in [2.75, 3.05) is 20.2 Å². The average Bonchev–Trinajstić information content (AvgIpc) is 2.77. The van der Waals surface area contributed by atoms with Crippen LogP contribution in [0, 0.1) is 11.8 Å². The van der Waals surface area contributed by atoms with E-state index in [1.54, 1.807) is 6.92 Å². The van der Waals surface area contributed by atoms with E-state index >= 15 is 0 Å². The second-order valence-electron chi connectivity index (χ2n) is 4.48. The number of hydrogen-bond acceptors (Lipinski definition) is 5. The molecule has 0 aromatic heterocycles. The van der Waals surface area contributed by atoms with Crippen LogP contribution in [0.2, 0.25) is 0 Å². The van der Waals surface area contributed by atoms with Gasteiger partial charge in [0.2, 0.25) is 0 Å². The van der Waals surface area contributed by atoms with Crippen molar-refractivity contribution in [2.24, 2.45) is 11.8 Å². The van der Waals surface area contributed by atoms with Crippen LogP contribution in [0.15, 0.2) is 12.2 Å². The van der Waals surface area contributed by atoms with Crippen LogP contribution in [0.1, 0.15) is 6.92 Å². The van der Waals surface area contributed by atoms with Gasteiger partial charge in [-0.25, -0.2) is 9.59 Å². The van der Waals surface area contributed by atoms with Crippen LogP contribution < -0.4 is 5.32 Å². The molecule has 2 atom stereocenters. The maximum atomic E-state index is 11.8. The van der Waals surface area contributed by atoms with Gasteiger partial charge in [0, 0.05) is 25.2 Å². The van der Waals surface area contributed by atoms with E-state index in [0.29, 0.717) is 12.6 Å². The number of carbonyl (C=O) groups excluding carboxylic acids is 3. The number of nitrogens with zero attached hydrogens (tertiary/aromatic N) is 1. The number of carboxylic acids is 1. The van der Waals surface area contributed by atoms with Gasteiger partial charge in [-0.2, -0.15) is 0 Å². The molecule has 0 aromatic carbocycles. The molecule has 0 bridgehead atoms. The van der Waals surface area contributed by atoms with Gasteiger partial charge in [0.15, 0.2) is 0 Å². The van der Waals surface area contributed by atoms with Gasteiger partial charge in [-0.15, -0.1) is 0 Å². The Balaban J connectivity index is 2.56. The number of esters is 1. The molecule has 3 amide bonds. The Morgan fingerprint density at radius 2 is 1.90 bits per heavy atom. The minimum atomic E-state index is -1.28. The number of rotatable bonds is 3. The zero-order valence-corrected chi connectivity index (χ0v) is 11.2. The number of aliphatic carboxylic acids is 1. The summed E-state index contributed by atoms with van der Waals surface area (Å²) in [4.78, 5) is 46.0. The van der Waals surface area contributed by atoms with E-state index in [-0.39, 0.29) is 12.5 Å². The van der Waals surface area contributed by atoms with E-state index in [2.05, 4.69) is 4.74 Å². The van der Waals surface area contributed by atoms with Crippen molar-refractivity contribution in [2.45, 2.75) is 6.92 Å². The van der Waals surface area contributed by atoms with Gasteiger partial charge < -0.3 is 14.7 Å². The summed E-state index contributed by atoms with van der Waals surface area (Å²) in [5, 5.41) is 10.4. The summed E-state index contributed by atoms with van der Waals surface area (Å²) in [5.41, 5.74) is 0. The molecule has 2 unspecified atom stereocenters. The predicted molar refractivity (Wildman–Crippen MR) is 66.6 cm³/mol. The van der Waals surface area contributed by atoms with Crippen molar-refractivity contribution in [3.05, 3.63) is 12.2 Å². The van der Waals surface area contributed by atoms with Crippen LogP contribution in [-0.2, 0) is 19.1 Å². The molecule has 110 valence electrons. The molecule has 0 radical (unpaired) electrons. The molecular weight excluding hydrogens is 268 g/mol. The number of likely N-dealkylation sites (tertiary alicyclic amines) is 1. The zero-order valence-electron chi connectivity index (χ0n) is 11.2. The lowest BCUT2D eigenvalue weighted by Gasteiger charge is -2.15. The highest BCUT2D eigenvalue weighted by atomic mass is 16.5. The highest BCUT2D eigenvalue weighted by Crippen LogP contribution is 2.23. The fourth-order valence-corrected chi connectivity index (χ4v) is 1.96. The summed E-state index contributed by atoms with van der Waals surface area (Å²) in [6.07, 6.45) is 1.38. The van der Waals surface area contributed by atoms with Crippen molar-refractivity contribution >= 4 is 23.9 Å². The Morgan fingerprint density at radius 3 is 2.45 bits per heavy atom. The summed E-state index contributed by atoms with van der Waals surface area (Å²) in [6.45, 7) is 2.29. The molecule has 20 heavy (non-hydrogen) atoms. The molecule has 1 saturated heterocycles. The summed E-state index contributed by atoms with van der Waals surface area (Å²) in [6, 6.07) is -0.664. The predicted octanol–water partition coefficient (Wildman–Crippen LogP) is -0.396. The molecule has 1 heterocycles. The number of carboxylic acid groups (broad SMARTS) is 1. The van der Waals surface area contributed by atoms with Crippen molar-refractivity contribution in [3.63, 3.8) is 0 Å². The number of hydrogen-bond donors (Lipinski definition) is 2. The maximum absolute atomic E-state index is 11.8. The van der Waals surface area contributed by atoms with Crippen LogP contribution >= 0.6 is 0 Å². The van der Waals surface area contributed by atoms with Crippen molar-refractivity contribution < 1.29 is 29.0 Å². The normalized spacial score (nSPS) is 21.8. The summed E-state index contributed by atoms with van der Waals surface area (Å²) in [5.74, 6) is -3.00. The molecule has 0 aromatic rings. The number of nitrogens with one attached hydrogen (secondary N) is 1. The Morgan fingerprint density at radius 1 is 1.25 bits per heavy atom. The smallest absolute Gasteiger partial charge is 0.328 e. The van der Waals surface area contributed by atoms with E-state index in [1.807, 2.05) is 5.32 Å². The third-order valence-corrected chi connectivity index (χ3v) is 3.01. The molecule has 0 aliphatic carbocycles. The monoisotopic (exact) mass is 284 g/mol. The highest BCUT2D eigenvalue weighted by molar-refractivity contribution is 6.02. The number of amides is 3. The molecule has 8 heteroatoms. The van der Waals surface area contributed by atoms with Gasteiger partial charge in [0.05, 0.1) is 13.0 Å². The van der Waals surface area contributed by atoms with Gasteiger partial charge >= 0.3 is 18.0 Å². The maximum Gasteiger partial charge on any atom is 0.328 e. The fraction of sp³-hybridized carbons (Fsp3) is 0.500. The van der Waals surface area contributed by atoms with E-state index in [1.165, 1.54) is 12.0 Å². The van der Waals surface area contributed by atoms with E-state index in [0.717, 1.165) is 6.08 Å². The lowest BCUT2D eigenvalue weighted by molar-refractivity contribution is -0.146. The topological polar surface area (TPSA) is 113 Å². The number of urea groups is 1. The molecule has 1 aliphatic rings. The Kier molecular flexibility index (Phi) is 5.24. The van der Waals surface area contributed by atoms with Gasteiger partial charge in [0.1, 0.15) is 0 Å². The summed E-state index contributed by atoms with van der Waals surface area (Å²) < 4.78 is 4.64. The summed E-state index contributed by atoms with van der Waals surface area (Å²) in [7, 11) is 1.28. The number of imide groups is 1. The number of carbonyl (C=O) groups is 4. The SMILES string of the molecule is COC(=O)C1CN(C(=O)NC(=O)/C=C/C(=O)O)CC1C. The molecule has 2 N–H and O–H groups in total. The van der Waals surface area contributed by atoms with E-state index in [9.17, 15) is 19.2 Å². The molecule has 8 nitrogen and oxygen atoms in total. The van der Waals surface area contributed by atoms with Gasteiger partial charge in [0.25, 0.3) is 5.91 Å². The van der Waals surface area contributed by atoms with Crippen molar-refractivity contribution in [1.82, 2.24) is 10.2 Å². The molecule has 1 aliphatic heterocycles. The zero-order chi connectivity index (χ0) is 15.3. The van der Waals surface area contributed by atoms with Crippen LogP contribution in [0.3, 0.4) is 0 Å². The van der Waals surface area contributed by atoms with E-state index < -0.39 is 29.8 Å². The van der Waals surface area contributed by atoms with Crippen LogP contribution in [0.4, 0.5) is 4.79 Å². The van der Waals surface area contributed by atoms with Gasteiger partial charge in [-0.05, 0) is 5.92 Å². The first-order valence-electron chi connectivity index (χ1n) is 5.94. The number of methoxy groups -OCH3 is 1. The average molecular weight is 284 g/mol. The highest BCUT2D eigenvalue weighted by Gasteiger charge is 2.37. The van der Waals surface area contributed by atoms with Crippen molar-refractivity contribution in [1.29, 1.82) is 0 Å². The fourth-order valence-electron chi connectivity index (χ4n) is 1.96. The van der Waals surface area contributed by atoms with E-state index in [4.69, 9.17) is 5.11 Å². The second-order valence-corrected chi connectivity index (χ2v) is 4.48. The molecule has 0 spiro atoms. The molecular formula is C12H16N2O6. The largest absolute Gasteiger partial charge is 0.478 e. The lowest BCUT2D eigenvalue weighted by atomic mass is 9.99. The first kappa shape index (κ1) is 15.7. The Labute approximate surface area is 115 Å². The standard InChI is InChI=1S/C12H16N2O6/c1-7-5-14(6-8(7)11(18)20-2)12(19)13-9(15)3-4-10(16)17/h3-4,7-8H,5-6H2,1-2H3,(H,16,17)(H,13,15,19)/b4-3+. The van der Waals surface area contributed by atoms with Crippen molar-refractivity contribution in [3.8, 4) is 0 Å². The molecule has 1 fully saturated rings. The quantitative estimate of drug-likeness (QED) is 0.539. The van der Waals surface area contributed by atoms with Gasteiger partial charge in [-0.3, -0.25) is 14.9 Å². The minimum Gasteiger partial charge on any atom is -0.478 e. The summed E-state index contributed by atoms with van der Waals surface area (Å²) >= 11 is 0. The molecule has 1 rings (SSSR count). The van der Waals surface area contributed by atoms with Crippen LogP contribution in [-0.4, -0.2) is 54.1 Å². The lowest BCUT2D eigenvalue weighted by Crippen LogP contribution is -2.41.